The third-order valence-corrected chi connectivity index (χ3v) is 8.48. The SMILES string of the molecule is O=C(c1ccncc1)N(c1cc2sc(=O)oc2c2ccccc12)S(=O)(=O)c1cccs1. The quantitative estimate of drug-likeness (QED) is 0.385. The van der Waals surface area contributed by atoms with Crippen molar-refractivity contribution in [3.63, 3.8) is 0 Å². The van der Waals surface area contributed by atoms with Crippen LogP contribution in [0.3, 0.4) is 0 Å². The molecule has 7 nitrogen and oxygen atoms in total. The lowest BCUT2D eigenvalue weighted by Gasteiger charge is -2.23. The third-order valence-electron chi connectivity index (χ3n) is 4.64. The van der Waals surface area contributed by atoms with Crippen LogP contribution in [0.25, 0.3) is 21.1 Å². The Kier molecular flexibility index (Phi) is 4.69. The molecule has 0 atom stereocenters. The van der Waals surface area contributed by atoms with Gasteiger partial charge in [0.2, 0.25) is 0 Å². The van der Waals surface area contributed by atoms with Crippen molar-refractivity contribution in [2.75, 3.05) is 4.31 Å². The Hall–Kier alpha value is -3.34. The molecule has 0 saturated carbocycles. The minimum Gasteiger partial charge on any atom is -0.413 e. The number of fused-ring (bicyclic) bond motifs is 3. The highest BCUT2D eigenvalue weighted by molar-refractivity contribution is 7.95. The maximum atomic E-state index is 13.6. The number of sulfonamides is 1. The molecule has 3 heterocycles. The Morgan fingerprint density at radius 3 is 2.45 bits per heavy atom. The molecular formula is C21H12N2O5S3. The predicted molar refractivity (Wildman–Crippen MR) is 120 cm³/mol. The number of hydrogen-bond donors (Lipinski definition) is 0. The first-order chi connectivity index (χ1) is 15.0. The summed E-state index contributed by atoms with van der Waals surface area (Å²) in [5.74, 6) is -0.726. The summed E-state index contributed by atoms with van der Waals surface area (Å²) in [4.78, 5) is 28.8. The number of aromatic nitrogens is 1. The highest BCUT2D eigenvalue weighted by atomic mass is 32.2. The monoisotopic (exact) mass is 468 g/mol. The zero-order chi connectivity index (χ0) is 21.6. The first-order valence-electron chi connectivity index (χ1n) is 8.95. The van der Waals surface area contributed by atoms with Gasteiger partial charge in [-0.1, -0.05) is 41.7 Å². The highest BCUT2D eigenvalue weighted by Gasteiger charge is 2.34. The molecule has 5 rings (SSSR count). The molecule has 0 saturated heterocycles. The number of carbonyl (C=O) groups is 1. The number of benzene rings is 2. The van der Waals surface area contributed by atoms with Gasteiger partial charge in [0.05, 0.1) is 10.4 Å². The highest BCUT2D eigenvalue weighted by Crippen LogP contribution is 2.38. The van der Waals surface area contributed by atoms with E-state index in [1.54, 1.807) is 35.7 Å². The zero-order valence-corrected chi connectivity index (χ0v) is 18.0. The van der Waals surface area contributed by atoms with Crippen molar-refractivity contribution < 1.29 is 17.6 Å². The van der Waals surface area contributed by atoms with Crippen LogP contribution in [0.4, 0.5) is 5.69 Å². The maximum Gasteiger partial charge on any atom is 0.396 e. The standard InChI is InChI=1S/C21H12N2O5S3/c24-20(13-7-9-22-10-8-13)23(31(26,27)18-6-3-11-29-18)16-12-17-19(28-21(25)30-17)15-5-2-1-4-14(15)16/h1-12H. The molecule has 31 heavy (non-hydrogen) atoms. The number of thiophene rings is 1. The van der Waals surface area contributed by atoms with Crippen molar-refractivity contribution in [3.05, 3.63) is 87.7 Å². The van der Waals surface area contributed by atoms with E-state index >= 15 is 0 Å². The van der Waals surface area contributed by atoms with Crippen LogP contribution in [0.1, 0.15) is 10.4 Å². The number of pyridine rings is 1. The lowest BCUT2D eigenvalue weighted by atomic mass is 10.1. The van der Waals surface area contributed by atoms with Crippen LogP contribution in [0.5, 0.6) is 0 Å². The van der Waals surface area contributed by atoms with Crippen molar-refractivity contribution in [2.24, 2.45) is 0 Å². The molecule has 3 aromatic heterocycles. The average Bonchev–Trinajstić information content (AvgIpc) is 3.44. The molecule has 0 spiro atoms. The Morgan fingerprint density at radius 2 is 1.74 bits per heavy atom. The number of carbonyl (C=O) groups excluding carboxylic acids is 1. The van der Waals surface area contributed by atoms with E-state index in [0.29, 0.717) is 21.1 Å². The second-order valence-corrected chi connectivity index (χ2v) is 10.4. The molecule has 0 N–H and O–H groups in total. The fourth-order valence-electron chi connectivity index (χ4n) is 3.31. The van der Waals surface area contributed by atoms with Crippen LogP contribution in [-0.4, -0.2) is 19.3 Å². The van der Waals surface area contributed by atoms with Crippen LogP contribution < -0.4 is 9.24 Å². The smallest absolute Gasteiger partial charge is 0.396 e. The van der Waals surface area contributed by atoms with E-state index in [0.717, 1.165) is 27.0 Å². The van der Waals surface area contributed by atoms with E-state index in [1.165, 1.54) is 36.7 Å². The fraction of sp³-hybridized carbons (Fsp3) is 0. The summed E-state index contributed by atoms with van der Waals surface area (Å²) in [5.41, 5.74) is 0.675. The second kappa shape index (κ2) is 7.41. The van der Waals surface area contributed by atoms with E-state index in [9.17, 15) is 18.0 Å². The molecule has 5 aromatic rings. The molecule has 0 aliphatic rings. The van der Waals surface area contributed by atoms with Crippen LogP contribution in [0, 0.1) is 0 Å². The van der Waals surface area contributed by atoms with Crippen molar-refractivity contribution in [2.45, 2.75) is 4.21 Å². The number of rotatable bonds is 4. The third kappa shape index (κ3) is 3.25. The van der Waals surface area contributed by atoms with E-state index < -0.39 is 20.9 Å². The minimum atomic E-state index is -4.23. The van der Waals surface area contributed by atoms with Crippen LogP contribution in [-0.2, 0) is 10.0 Å². The lowest BCUT2D eigenvalue weighted by molar-refractivity contribution is 0.101. The molecule has 1 amide bonds. The molecule has 0 unspecified atom stereocenters. The van der Waals surface area contributed by atoms with Gasteiger partial charge in [0, 0.05) is 28.7 Å². The fourth-order valence-corrected chi connectivity index (χ4v) is 6.52. The topological polar surface area (TPSA) is 97.6 Å². The van der Waals surface area contributed by atoms with Gasteiger partial charge in [-0.2, -0.15) is 12.7 Å². The summed E-state index contributed by atoms with van der Waals surface area (Å²) in [5, 5.41) is 2.65. The Balaban J connectivity index is 1.86. The van der Waals surface area contributed by atoms with Gasteiger partial charge in [0.15, 0.2) is 5.58 Å². The molecule has 0 radical (unpaired) electrons. The van der Waals surface area contributed by atoms with Gasteiger partial charge in [-0.05, 0) is 29.6 Å². The normalized spacial score (nSPS) is 11.7. The van der Waals surface area contributed by atoms with Crippen LogP contribution in [0.2, 0.25) is 0 Å². The second-order valence-electron chi connectivity index (χ2n) is 6.47. The summed E-state index contributed by atoms with van der Waals surface area (Å²) >= 11 is 1.87. The number of anilines is 1. The van der Waals surface area contributed by atoms with E-state index in [2.05, 4.69) is 4.98 Å². The van der Waals surface area contributed by atoms with E-state index in [-0.39, 0.29) is 15.5 Å². The first-order valence-corrected chi connectivity index (χ1v) is 12.1. The predicted octanol–water partition coefficient (Wildman–Crippen LogP) is 4.50. The summed E-state index contributed by atoms with van der Waals surface area (Å²) in [6.45, 7) is 0. The van der Waals surface area contributed by atoms with Gasteiger partial charge in [-0.25, -0.2) is 4.79 Å². The molecular weight excluding hydrogens is 456 g/mol. The van der Waals surface area contributed by atoms with Crippen molar-refractivity contribution >= 4 is 65.3 Å². The number of hydrogen-bond acceptors (Lipinski definition) is 8. The van der Waals surface area contributed by atoms with E-state index in [1.807, 2.05) is 0 Å². The van der Waals surface area contributed by atoms with Gasteiger partial charge in [0.1, 0.15) is 4.21 Å². The maximum absolute atomic E-state index is 13.6. The Morgan fingerprint density at radius 1 is 1.00 bits per heavy atom. The molecule has 0 fully saturated rings. The Labute approximate surface area is 183 Å². The van der Waals surface area contributed by atoms with Crippen LogP contribution >= 0.6 is 22.7 Å². The van der Waals surface area contributed by atoms with Gasteiger partial charge in [-0.15, -0.1) is 11.3 Å². The number of nitrogens with zero attached hydrogens (tertiary/aromatic N) is 2. The molecule has 0 aliphatic carbocycles. The summed E-state index contributed by atoms with van der Waals surface area (Å²) in [6.07, 6.45) is 2.85. The first kappa shape index (κ1) is 19.6. The summed E-state index contributed by atoms with van der Waals surface area (Å²) < 4.78 is 33.8. The van der Waals surface area contributed by atoms with Gasteiger partial charge < -0.3 is 4.42 Å². The molecule has 154 valence electrons. The van der Waals surface area contributed by atoms with Crippen molar-refractivity contribution in [1.29, 1.82) is 0 Å². The lowest BCUT2D eigenvalue weighted by Crippen LogP contribution is -2.36. The largest absolute Gasteiger partial charge is 0.413 e. The summed E-state index contributed by atoms with van der Waals surface area (Å²) in [6, 6.07) is 14.4. The summed E-state index contributed by atoms with van der Waals surface area (Å²) in [7, 11) is -4.23. The van der Waals surface area contributed by atoms with Gasteiger partial charge in [0.25, 0.3) is 15.9 Å². The van der Waals surface area contributed by atoms with Gasteiger partial charge in [-0.3, -0.25) is 9.78 Å². The average molecular weight is 469 g/mol. The minimum absolute atomic E-state index is 0.0273. The molecule has 2 aromatic carbocycles. The zero-order valence-electron chi connectivity index (χ0n) is 15.6. The molecule has 0 bridgehead atoms. The molecule has 10 heteroatoms. The Bertz CT molecular complexity index is 1590. The van der Waals surface area contributed by atoms with Crippen LogP contribution in [0.15, 0.2) is 85.8 Å². The van der Waals surface area contributed by atoms with Gasteiger partial charge >= 0.3 is 4.94 Å². The van der Waals surface area contributed by atoms with Crippen molar-refractivity contribution in [3.8, 4) is 0 Å². The molecule has 0 aliphatic heterocycles. The van der Waals surface area contributed by atoms with Crippen molar-refractivity contribution in [1.82, 2.24) is 4.98 Å². The number of amides is 1. The van der Waals surface area contributed by atoms with E-state index in [4.69, 9.17) is 4.42 Å².